The normalized spacial score (nSPS) is 32.7. The smallest absolute Gasteiger partial charge is 0.407 e. The van der Waals surface area contributed by atoms with Gasteiger partial charge in [0.05, 0.1) is 0 Å². The van der Waals surface area contributed by atoms with Crippen molar-refractivity contribution in [3.05, 3.63) is 0 Å². The van der Waals surface area contributed by atoms with Crippen LogP contribution in [0.15, 0.2) is 0 Å². The first-order valence-electron chi connectivity index (χ1n) is 9.72. The maximum atomic E-state index is 11.1. The van der Waals surface area contributed by atoms with E-state index in [1.807, 2.05) is 0 Å². The molecule has 0 unspecified atom stereocenters. The number of piperidine rings is 2. The minimum atomic E-state index is -0.774. The Hall–Kier alpha value is -0.850. The highest BCUT2D eigenvalue weighted by Gasteiger charge is 2.38. The molecule has 2 heterocycles. The maximum Gasteiger partial charge on any atom is 0.407 e. The lowest BCUT2D eigenvalue weighted by molar-refractivity contribution is 0.0164. The minimum Gasteiger partial charge on any atom is -0.465 e. The second kappa shape index (κ2) is 7.58. The standard InChI is InChI=1S/C18H34N4O2/c1-18(8-12-21(13-9-18)17(23)24)22-10-6-14(7-11-22)20-16-5-3-2-4-15(16)19/h14-16,20H,2-13,19H2,1H3,(H,23,24)/t15-,16+/m0/s1. The summed E-state index contributed by atoms with van der Waals surface area (Å²) in [5.41, 5.74) is 6.44. The molecule has 1 saturated carbocycles. The summed E-state index contributed by atoms with van der Waals surface area (Å²) in [4.78, 5) is 15.3. The molecule has 24 heavy (non-hydrogen) atoms. The summed E-state index contributed by atoms with van der Waals surface area (Å²) in [6.45, 7) is 5.88. The van der Waals surface area contributed by atoms with Crippen LogP contribution >= 0.6 is 0 Å². The first-order valence-corrected chi connectivity index (χ1v) is 9.72. The highest BCUT2D eigenvalue weighted by molar-refractivity contribution is 5.65. The second-order valence-corrected chi connectivity index (χ2v) is 8.25. The van der Waals surface area contributed by atoms with Gasteiger partial charge in [0.2, 0.25) is 0 Å². The number of nitrogens with one attached hydrogen (secondary N) is 1. The molecule has 2 atom stereocenters. The number of hydrogen-bond donors (Lipinski definition) is 3. The van der Waals surface area contributed by atoms with Gasteiger partial charge in [-0.1, -0.05) is 12.8 Å². The van der Waals surface area contributed by atoms with Gasteiger partial charge in [0.1, 0.15) is 0 Å². The van der Waals surface area contributed by atoms with Crippen LogP contribution < -0.4 is 11.1 Å². The molecule has 0 aromatic heterocycles. The van der Waals surface area contributed by atoms with E-state index >= 15 is 0 Å². The van der Waals surface area contributed by atoms with E-state index in [0.717, 1.165) is 32.4 Å². The van der Waals surface area contributed by atoms with Gasteiger partial charge >= 0.3 is 6.09 Å². The predicted molar refractivity (Wildman–Crippen MR) is 95.2 cm³/mol. The van der Waals surface area contributed by atoms with Crippen LogP contribution in [-0.2, 0) is 0 Å². The Morgan fingerprint density at radius 1 is 1.08 bits per heavy atom. The van der Waals surface area contributed by atoms with Gasteiger partial charge in [-0.05, 0) is 45.4 Å². The summed E-state index contributed by atoms with van der Waals surface area (Å²) < 4.78 is 0. The highest BCUT2D eigenvalue weighted by atomic mass is 16.4. The maximum absolute atomic E-state index is 11.1. The van der Waals surface area contributed by atoms with Gasteiger partial charge < -0.3 is 21.1 Å². The summed E-state index contributed by atoms with van der Waals surface area (Å²) in [7, 11) is 0. The Labute approximate surface area is 145 Å². The molecule has 1 aliphatic carbocycles. The topological polar surface area (TPSA) is 81.8 Å². The lowest BCUT2D eigenvalue weighted by Gasteiger charge is -2.49. The number of likely N-dealkylation sites (tertiary alicyclic amines) is 2. The number of amides is 1. The Morgan fingerprint density at radius 3 is 2.29 bits per heavy atom. The zero-order valence-corrected chi connectivity index (χ0v) is 15.0. The van der Waals surface area contributed by atoms with Gasteiger partial charge in [-0.2, -0.15) is 0 Å². The average molecular weight is 338 g/mol. The monoisotopic (exact) mass is 338 g/mol. The Kier molecular flexibility index (Phi) is 5.67. The van der Waals surface area contributed by atoms with Gasteiger partial charge in [0, 0.05) is 49.8 Å². The molecule has 2 saturated heterocycles. The van der Waals surface area contributed by atoms with Crippen molar-refractivity contribution < 1.29 is 9.90 Å². The fourth-order valence-electron chi connectivity index (χ4n) is 4.75. The van der Waals surface area contributed by atoms with Crippen molar-refractivity contribution in [1.29, 1.82) is 0 Å². The van der Waals surface area contributed by atoms with Crippen molar-refractivity contribution in [2.75, 3.05) is 26.2 Å². The fourth-order valence-corrected chi connectivity index (χ4v) is 4.75. The van der Waals surface area contributed by atoms with E-state index in [4.69, 9.17) is 10.8 Å². The van der Waals surface area contributed by atoms with Crippen LogP contribution in [0, 0.1) is 0 Å². The van der Waals surface area contributed by atoms with E-state index in [1.54, 1.807) is 4.90 Å². The van der Waals surface area contributed by atoms with Crippen LogP contribution in [-0.4, -0.2) is 70.8 Å². The largest absolute Gasteiger partial charge is 0.465 e. The average Bonchev–Trinajstić information content (AvgIpc) is 2.58. The number of carboxylic acid groups (broad SMARTS) is 1. The molecule has 3 fully saturated rings. The van der Waals surface area contributed by atoms with Crippen molar-refractivity contribution in [3.63, 3.8) is 0 Å². The lowest BCUT2D eigenvalue weighted by Crippen LogP contribution is -2.59. The Bertz CT molecular complexity index is 429. The van der Waals surface area contributed by atoms with Gasteiger partial charge in [-0.25, -0.2) is 4.79 Å². The summed E-state index contributed by atoms with van der Waals surface area (Å²) in [5, 5.41) is 13.0. The van der Waals surface area contributed by atoms with E-state index in [-0.39, 0.29) is 5.54 Å². The minimum absolute atomic E-state index is 0.165. The third-order valence-electron chi connectivity index (χ3n) is 6.64. The second-order valence-electron chi connectivity index (χ2n) is 8.25. The van der Waals surface area contributed by atoms with E-state index in [1.165, 1.54) is 32.1 Å². The summed E-state index contributed by atoms with van der Waals surface area (Å²) in [6.07, 6.45) is 8.47. The Balaban J connectivity index is 1.45. The van der Waals surface area contributed by atoms with Crippen LogP contribution in [0.1, 0.15) is 58.3 Å². The van der Waals surface area contributed by atoms with Crippen LogP contribution in [0.4, 0.5) is 4.79 Å². The van der Waals surface area contributed by atoms with Gasteiger partial charge in [-0.3, -0.25) is 4.90 Å². The third-order valence-corrected chi connectivity index (χ3v) is 6.64. The van der Waals surface area contributed by atoms with Gasteiger partial charge in [0.15, 0.2) is 0 Å². The number of rotatable bonds is 3. The summed E-state index contributed by atoms with van der Waals surface area (Å²) in [6, 6.07) is 1.43. The third kappa shape index (κ3) is 4.03. The van der Waals surface area contributed by atoms with Crippen molar-refractivity contribution in [3.8, 4) is 0 Å². The van der Waals surface area contributed by atoms with Crippen LogP contribution in [0.3, 0.4) is 0 Å². The lowest BCUT2D eigenvalue weighted by atomic mass is 9.85. The van der Waals surface area contributed by atoms with Crippen LogP contribution in [0.5, 0.6) is 0 Å². The molecule has 6 nitrogen and oxygen atoms in total. The summed E-state index contributed by atoms with van der Waals surface area (Å²) in [5.74, 6) is 0. The molecule has 0 spiro atoms. The summed E-state index contributed by atoms with van der Waals surface area (Å²) >= 11 is 0. The predicted octanol–water partition coefficient (Wildman–Crippen LogP) is 1.84. The Morgan fingerprint density at radius 2 is 1.71 bits per heavy atom. The molecule has 3 aliphatic rings. The van der Waals surface area contributed by atoms with Crippen LogP contribution in [0.25, 0.3) is 0 Å². The zero-order valence-electron chi connectivity index (χ0n) is 15.0. The van der Waals surface area contributed by atoms with E-state index in [2.05, 4.69) is 17.1 Å². The molecule has 0 radical (unpaired) electrons. The fraction of sp³-hybridized carbons (Fsp3) is 0.944. The quantitative estimate of drug-likeness (QED) is 0.731. The SMILES string of the molecule is CC1(N2CCC(N[C@@H]3CCCC[C@@H]3N)CC2)CCN(C(=O)O)CC1. The molecular weight excluding hydrogens is 304 g/mol. The molecule has 138 valence electrons. The van der Waals surface area contributed by atoms with E-state index in [0.29, 0.717) is 31.2 Å². The molecule has 1 amide bonds. The first kappa shape index (κ1) is 18.0. The first-order chi connectivity index (χ1) is 11.5. The molecule has 3 rings (SSSR count). The number of nitrogens with two attached hydrogens (primary N) is 1. The molecule has 4 N–H and O–H groups in total. The van der Waals surface area contributed by atoms with E-state index < -0.39 is 6.09 Å². The van der Waals surface area contributed by atoms with Crippen molar-refractivity contribution in [1.82, 2.24) is 15.1 Å². The molecule has 0 bridgehead atoms. The van der Waals surface area contributed by atoms with Crippen molar-refractivity contribution in [2.24, 2.45) is 5.73 Å². The van der Waals surface area contributed by atoms with Crippen molar-refractivity contribution in [2.45, 2.75) is 82.0 Å². The number of carbonyl (C=O) groups is 1. The van der Waals surface area contributed by atoms with E-state index in [9.17, 15) is 4.79 Å². The van der Waals surface area contributed by atoms with Gasteiger partial charge in [-0.15, -0.1) is 0 Å². The number of nitrogens with zero attached hydrogens (tertiary/aromatic N) is 2. The molecular formula is C18H34N4O2. The highest BCUT2D eigenvalue weighted by Crippen LogP contribution is 2.31. The molecule has 0 aromatic carbocycles. The molecule has 6 heteroatoms. The zero-order chi connectivity index (χ0) is 17.2. The van der Waals surface area contributed by atoms with Crippen LogP contribution in [0.2, 0.25) is 0 Å². The van der Waals surface area contributed by atoms with Gasteiger partial charge in [0.25, 0.3) is 0 Å². The number of hydrogen-bond acceptors (Lipinski definition) is 4. The molecule has 2 aliphatic heterocycles. The molecule has 0 aromatic rings. The van der Waals surface area contributed by atoms with Crippen molar-refractivity contribution >= 4 is 6.09 Å².